The van der Waals surface area contributed by atoms with E-state index < -0.39 is 5.92 Å². The second-order valence-electron chi connectivity index (χ2n) is 4.34. The van der Waals surface area contributed by atoms with Crippen LogP contribution in [0.1, 0.15) is 18.5 Å². The normalized spacial score (nSPS) is 27.0. The third-order valence-electron chi connectivity index (χ3n) is 3.18. The van der Waals surface area contributed by atoms with Crippen LogP contribution in [0.2, 0.25) is 0 Å². The van der Waals surface area contributed by atoms with E-state index in [0.717, 1.165) is 5.56 Å². The molecule has 0 bridgehead atoms. The van der Waals surface area contributed by atoms with Gasteiger partial charge in [0.15, 0.2) is 0 Å². The lowest BCUT2D eigenvalue weighted by Gasteiger charge is -2.36. The van der Waals surface area contributed by atoms with E-state index in [4.69, 9.17) is 4.74 Å². The lowest BCUT2D eigenvalue weighted by atomic mass is 9.86. The summed E-state index contributed by atoms with van der Waals surface area (Å²) in [6, 6.07) is 8.53. The summed E-state index contributed by atoms with van der Waals surface area (Å²) in [6.45, 7) is 1.80. The van der Waals surface area contributed by atoms with Crippen LogP contribution in [0.3, 0.4) is 0 Å². The summed E-state index contributed by atoms with van der Waals surface area (Å²) in [6.07, 6.45) is 0. The molecule has 1 saturated heterocycles. The molecule has 0 saturated carbocycles. The number of rotatable bonds is 2. The van der Waals surface area contributed by atoms with Crippen molar-refractivity contribution in [2.75, 3.05) is 7.11 Å². The van der Waals surface area contributed by atoms with Crippen molar-refractivity contribution in [1.29, 1.82) is 0 Å². The summed E-state index contributed by atoms with van der Waals surface area (Å²) in [5.74, 6) is -0.765. The third kappa shape index (κ3) is 2.30. The van der Waals surface area contributed by atoms with E-state index in [1.165, 1.54) is 7.11 Å². The van der Waals surface area contributed by atoms with Gasteiger partial charge in [0.2, 0.25) is 0 Å². The minimum absolute atomic E-state index is 0.267. The van der Waals surface area contributed by atoms with Crippen LogP contribution in [-0.4, -0.2) is 25.2 Å². The van der Waals surface area contributed by atoms with E-state index in [1.807, 2.05) is 30.3 Å². The van der Waals surface area contributed by atoms with E-state index in [-0.39, 0.29) is 24.1 Å². The summed E-state index contributed by atoms with van der Waals surface area (Å²) in [7, 11) is 1.35. The quantitative estimate of drug-likeness (QED) is 0.773. The van der Waals surface area contributed by atoms with E-state index in [0.29, 0.717) is 0 Å². The van der Waals surface area contributed by atoms with Crippen molar-refractivity contribution in [3.63, 3.8) is 0 Å². The number of urea groups is 1. The summed E-state index contributed by atoms with van der Waals surface area (Å²) in [4.78, 5) is 23.4. The minimum Gasteiger partial charge on any atom is -0.469 e. The Kier molecular flexibility index (Phi) is 3.50. The second-order valence-corrected chi connectivity index (χ2v) is 4.34. The Morgan fingerprint density at radius 3 is 2.50 bits per heavy atom. The molecular weight excluding hydrogens is 232 g/mol. The number of hydrogen-bond donors (Lipinski definition) is 2. The maximum atomic E-state index is 11.9. The molecule has 1 aliphatic rings. The fraction of sp³-hybridized carbons (Fsp3) is 0.385. The summed E-state index contributed by atoms with van der Waals surface area (Å²) in [5.41, 5.74) is 0.898. The number of benzene rings is 1. The molecule has 5 nitrogen and oxygen atoms in total. The molecule has 1 fully saturated rings. The number of esters is 1. The lowest BCUT2D eigenvalue weighted by Crippen LogP contribution is -2.57. The highest BCUT2D eigenvalue weighted by molar-refractivity contribution is 5.82. The highest BCUT2D eigenvalue weighted by Gasteiger charge is 2.40. The minimum atomic E-state index is -0.435. The molecule has 96 valence electrons. The number of amides is 2. The molecule has 1 heterocycles. The SMILES string of the molecule is COC(=O)C1C(C)NC(=O)NC1c1ccccc1. The lowest BCUT2D eigenvalue weighted by molar-refractivity contribution is -0.147. The molecule has 3 atom stereocenters. The van der Waals surface area contributed by atoms with Gasteiger partial charge in [-0.25, -0.2) is 4.79 Å². The van der Waals surface area contributed by atoms with Gasteiger partial charge in [0, 0.05) is 6.04 Å². The first-order chi connectivity index (χ1) is 8.63. The van der Waals surface area contributed by atoms with Crippen molar-refractivity contribution < 1.29 is 14.3 Å². The van der Waals surface area contributed by atoms with Gasteiger partial charge < -0.3 is 15.4 Å². The average molecular weight is 248 g/mol. The highest BCUT2D eigenvalue weighted by Crippen LogP contribution is 2.28. The number of ether oxygens (including phenoxy) is 1. The molecule has 1 aromatic carbocycles. The summed E-state index contributed by atoms with van der Waals surface area (Å²) >= 11 is 0. The molecule has 2 N–H and O–H groups in total. The topological polar surface area (TPSA) is 67.4 Å². The Morgan fingerprint density at radius 2 is 1.89 bits per heavy atom. The van der Waals surface area contributed by atoms with Crippen LogP contribution in [0.25, 0.3) is 0 Å². The molecule has 3 unspecified atom stereocenters. The standard InChI is InChI=1S/C13H16N2O3/c1-8-10(12(16)18-2)11(15-13(17)14-8)9-6-4-3-5-7-9/h3-8,10-11H,1-2H3,(H2,14,15,17). The van der Waals surface area contributed by atoms with E-state index in [1.54, 1.807) is 6.92 Å². The van der Waals surface area contributed by atoms with Crippen LogP contribution in [0.5, 0.6) is 0 Å². The molecule has 0 radical (unpaired) electrons. The van der Waals surface area contributed by atoms with Gasteiger partial charge in [0.1, 0.15) is 5.92 Å². The van der Waals surface area contributed by atoms with Crippen LogP contribution in [0.15, 0.2) is 30.3 Å². The van der Waals surface area contributed by atoms with Crippen LogP contribution in [0, 0.1) is 5.92 Å². The summed E-state index contributed by atoms with van der Waals surface area (Å²) < 4.78 is 4.82. The van der Waals surface area contributed by atoms with Gasteiger partial charge in [-0.2, -0.15) is 0 Å². The highest BCUT2D eigenvalue weighted by atomic mass is 16.5. The number of carbonyl (C=O) groups excluding carboxylic acids is 2. The molecule has 1 aromatic rings. The van der Waals surface area contributed by atoms with Crippen molar-refractivity contribution in [2.45, 2.75) is 19.0 Å². The molecule has 0 aromatic heterocycles. The Labute approximate surface area is 106 Å². The largest absolute Gasteiger partial charge is 0.469 e. The van der Waals surface area contributed by atoms with Gasteiger partial charge in [0.25, 0.3) is 0 Å². The number of methoxy groups -OCH3 is 1. The Hall–Kier alpha value is -2.04. The fourth-order valence-electron chi connectivity index (χ4n) is 2.29. The van der Waals surface area contributed by atoms with Gasteiger partial charge in [-0.15, -0.1) is 0 Å². The molecule has 0 aliphatic carbocycles. The van der Waals surface area contributed by atoms with E-state index in [9.17, 15) is 9.59 Å². The molecule has 0 spiro atoms. The Bertz CT molecular complexity index is 447. The monoisotopic (exact) mass is 248 g/mol. The van der Waals surface area contributed by atoms with Gasteiger partial charge in [0.05, 0.1) is 13.2 Å². The molecule has 2 rings (SSSR count). The van der Waals surface area contributed by atoms with Crippen molar-refractivity contribution in [2.24, 2.45) is 5.92 Å². The van der Waals surface area contributed by atoms with Gasteiger partial charge in [-0.1, -0.05) is 30.3 Å². The Morgan fingerprint density at radius 1 is 1.22 bits per heavy atom. The zero-order valence-electron chi connectivity index (χ0n) is 10.3. The van der Waals surface area contributed by atoms with Crippen LogP contribution in [0.4, 0.5) is 4.79 Å². The number of nitrogens with one attached hydrogen (secondary N) is 2. The Balaban J connectivity index is 2.33. The van der Waals surface area contributed by atoms with Gasteiger partial charge >= 0.3 is 12.0 Å². The zero-order valence-corrected chi connectivity index (χ0v) is 10.3. The van der Waals surface area contributed by atoms with Gasteiger partial charge in [-0.05, 0) is 12.5 Å². The maximum absolute atomic E-state index is 11.9. The van der Waals surface area contributed by atoms with Crippen LogP contribution >= 0.6 is 0 Å². The van der Waals surface area contributed by atoms with Crippen molar-refractivity contribution in [3.8, 4) is 0 Å². The molecule has 1 aliphatic heterocycles. The summed E-state index contributed by atoms with van der Waals surface area (Å²) in [5, 5.41) is 5.47. The maximum Gasteiger partial charge on any atom is 0.315 e. The number of carbonyl (C=O) groups is 2. The molecule has 2 amide bonds. The molecule has 5 heteroatoms. The van der Waals surface area contributed by atoms with E-state index >= 15 is 0 Å². The van der Waals surface area contributed by atoms with Crippen molar-refractivity contribution in [1.82, 2.24) is 10.6 Å². The first kappa shape index (κ1) is 12.4. The van der Waals surface area contributed by atoms with Crippen LogP contribution < -0.4 is 10.6 Å². The van der Waals surface area contributed by atoms with Crippen molar-refractivity contribution in [3.05, 3.63) is 35.9 Å². The zero-order chi connectivity index (χ0) is 13.1. The molecule has 18 heavy (non-hydrogen) atoms. The second kappa shape index (κ2) is 5.08. The van der Waals surface area contributed by atoms with Crippen LogP contribution in [-0.2, 0) is 9.53 Å². The fourth-order valence-corrected chi connectivity index (χ4v) is 2.29. The first-order valence-electron chi connectivity index (χ1n) is 5.83. The first-order valence-corrected chi connectivity index (χ1v) is 5.83. The van der Waals surface area contributed by atoms with E-state index in [2.05, 4.69) is 10.6 Å². The van der Waals surface area contributed by atoms with Crippen molar-refractivity contribution >= 4 is 12.0 Å². The third-order valence-corrected chi connectivity index (χ3v) is 3.18. The predicted molar refractivity (Wildman–Crippen MR) is 65.8 cm³/mol. The molecular formula is C13H16N2O3. The smallest absolute Gasteiger partial charge is 0.315 e. The average Bonchev–Trinajstić information content (AvgIpc) is 2.38. The van der Waals surface area contributed by atoms with Gasteiger partial charge in [-0.3, -0.25) is 4.79 Å². The number of hydrogen-bond acceptors (Lipinski definition) is 3. The predicted octanol–water partition coefficient (Wildman–Crippen LogP) is 1.22.